The maximum Gasteiger partial charge on any atom is 0.0978 e. The Hall–Kier alpha value is -2.09. The van der Waals surface area contributed by atoms with E-state index in [2.05, 4.69) is 71.0 Å². The van der Waals surface area contributed by atoms with Gasteiger partial charge >= 0.3 is 0 Å². The molecule has 0 N–H and O–H groups in total. The highest BCUT2D eigenvalue weighted by molar-refractivity contribution is 6.13. The Morgan fingerprint density at radius 3 is 2.21 bits per heavy atom. The molecule has 0 aliphatic rings. The van der Waals surface area contributed by atoms with Crippen molar-refractivity contribution >= 4 is 5.71 Å². The topological polar surface area (TPSA) is 15.6 Å². The van der Waals surface area contributed by atoms with Crippen LogP contribution in [0.5, 0.6) is 0 Å². The number of hydrogen-bond donors (Lipinski definition) is 0. The summed E-state index contributed by atoms with van der Waals surface area (Å²) in [6.07, 6.45) is 1.16. The summed E-state index contributed by atoms with van der Waals surface area (Å²) < 4.78 is 0. The zero-order valence-corrected chi connectivity index (χ0v) is 16.1. The highest BCUT2D eigenvalue weighted by atomic mass is 15.4. The molecule has 2 rings (SSSR count). The van der Waals surface area contributed by atoms with Gasteiger partial charge in [-0.25, -0.2) is 0 Å². The van der Waals surface area contributed by atoms with Crippen LogP contribution in [0.1, 0.15) is 59.6 Å². The Morgan fingerprint density at radius 1 is 0.958 bits per heavy atom. The third-order valence-electron chi connectivity index (χ3n) is 4.77. The molecule has 2 nitrogen and oxygen atoms in total. The molecule has 0 aromatic heterocycles. The van der Waals surface area contributed by atoms with Crippen LogP contribution in [0.2, 0.25) is 0 Å². The first-order valence-corrected chi connectivity index (χ1v) is 8.78. The van der Waals surface area contributed by atoms with E-state index in [0.29, 0.717) is 5.92 Å². The zero-order chi connectivity index (χ0) is 17.9. The van der Waals surface area contributed by atoms with Gasteiger partial charge in [-0.3, -0.25) is 0 Å². The molecule has 24 heavy (non-hydrogen) atoms. The van der Waals surface area contributed by atoms with Gasteiger partial charge < -0.3 is 5.01 Å². The minimum Gasteiger partial charge on any atom is -0.303 e. The first-order valence-electron chi connectivity index (χ1n) is 8.78. The van der Waals surface area contributed by atoms with E-state index in [1.54, 1.807) is 0 Å². The largest absolute Gasteiger partial charge is 0.303 e. The van der Waals surface area contributed by atoms with Crippen LogP contribution in [0.15, 0.2) is 41.5 Å². The molecule has 1 unspecified atom stereocenters. The van der Waals surface area contributed by atoms with Crippen LogP contribution in [-0.4, -0.2) is 24.8 Å². The second kappa shape index (κ2) is 7.65. The Labute approximate surface area is 147 Å². The third kappa shape index (κ3) is 4.05. The van der Waals surface area contributed by atoms with E-state index in [1.165, 1.54) is 33.4 Å². The van der Waals surface area contributed by atoms with Crippen molar-refractivity contribution in [3.05, 3.63) is 69.8 Å². The van der Waals surface area contributed by atoms with Crippen molar-refractivity contribution in [1.29, 1.82) is 0 Å². The van der Waals surface area contributed by atoms with Gasteiger partial charge in [-0.1, -0.05) is 44.2 Å². The molecule has 2 heteroatoms. The summed E-state index contributed by atoms with van der Waals surface area (Å²) in [6, 6.07) is 13.4. The second-order valence-corrected chi connectivity index (χ2v) is 6.98. The van der Waals surface area contributed by atoms with Gasteiger partial charge in [-0.05, 0) is 61.4 Å². The highest BCUT2D eigenvalue weighted by Crippen LogP contribution is 2.24. The van der Waals surface area contributed by atoms with Gasteiger partial charge in [0.15, 0.2) is 0 Å². The SMILES string of the molecule is CCC(C)c1ccc(C(=NN(C)C)c2ccc(C)c(C)c2)c(C)c1. The summed E-state index contributed by atoms with van der Waals surface area (Å²) >= 11 is 0. The van der Waals surface area contributed by atoms with Gasteiger partial charge in [0.2, 0.25) is 0 Å². The molecule has 1 atom stereocenters. The van der Waals surface area contributed by atoms with E-state index in [9.17, 15) is 0 Å². The summed E-state index contributed by atoms with van der Waals surface area (Å²) in [5.41, 5.74) is 8.72. The van der Waals surface area contributed by atoms with E-state index in [0.717, 1.165) is 12.1 Å². The molecule has 0 bridgehead atoms. The van der Waals surface area contributed by atoms with Crippen LogP contribution in [0.25, 0.3) is 0 Å². The summed E-state index contributed by atoms with van der Waals surface area (Å²) in [7, 11) is 3.95. The Morgan fingerprint density at radius 2 is 1.67 bits per heavy atom. The Balaban J connectivity index is 2.55. The number of nitrogens with zero attached hydrogens (tertiary/aromatic N) is 2. The van der Waals surface area contributed by atoms with Gasteiger partial charge in [-0.15, -0.1) is 0 Å². The smallest absolute Gasteiger partial charge is 0.0978 e. The average molecular weight is 322 g/mol. The lowest BCUT2D eigenvalue weighted by atomic mass is 9.91. The highest BCUT2D eigenvalue weighted by Gasteiger charge is 2.13. The first kappa shape index (κ1) is 18.3. The van der Waals surface area contributed by atoms with Crippen LogP contribution in [-0.2, 0) is 0 Å². The molecular formula is C22H30N2. The fourth-order valence-electron chi connectivity index (χ4n) is 2.85. The van der Waals surface area contributed by atoms with E-state index in [1.807, 2.05) is 19.1 Å². The third-order valence-corrected chi connectivity index (χ3v) is 4.77. The number of rotatable bonds is 5. The second-order valence-electron chi connectivity index (χ2n) is 6.98. The lowest BCUT2D eigenvalue weighted by Crippen LogP contribution is -2.13. The van der Waals surface area contributed by atoms with Crippen LogP contribution in [0.4, 0.5) is 0 Å². The summed E-state index contributed by atoms with van der Waals surface area (Å²) in [5.74, 6) is 0.591. The number of benzene rings is 2. The van der Waals surface area contributed by atoms with Crippen LogP contribution >= 0.6 is 0 Å². The molecule has 0 aliphatic heterocycles. The van der Waals surface area contributed by atoms with Crippen molar-refractivity contribution in [3.8, 4) is 0 Å². The van der Waals surface area contributed by atoms with Crippen LogP contribution in [0.3, 0.4) is 0 Å². The van der Waals surface area contributed by atoms with Crippen LogP contribution in [0, 0.1) is 20.8 Å². The van der Waals surface area contributed by atoms with Crippen molar-refractivity contribution in [2.75, 3.05) is 14.1 Å². The number of hydrogen-bond acceptors (Lipinski definition) is 2. The number of aryl methyl sites for hydroxylation is 3. The zero-order valence-electron chi connectivity index (χ0n) is 16.1. The molecule has 0 fully saturated rings. The van der Waals surface area contributed by atoms with Crippen molar-refractivity contribution in [1.82, 2.24) is 5.01 Å². The minimum atomic E-state index is 0.591. The molecule has 128 valence electrons. The molecular weight excluding hydrogens is 292 g/mol. The average Bonchev–Trinajstić information content (AvgIpc) is 2.54. The van der Waals surface area contributed by atoms with E-state index in [4.69, 9.17) is 5.10 Å². The fourth-order valence-corrected chi connectivity index (χ4v) is 2.85. The molecule has 2 aromatic rings. The summed E-state index contributed by atoms with van der Waals surface area (Å²) in [6.45, 7) is 11.0. The van der Waals surface area contributed by atoms with E-state index < -0.39 is 0 Å². The molecule has 0 spiro atoms. The van der Waals surface area contributed by atoms with Crippen molar-refractivity contribution in [2.45, 2.75) is 47.0 Å². The molecule has 2 aromatic carbocycles. The molecule has 0 amide bonds. The maximum absolute atomic E-state index is 4.79. The van der Waals surface area contributed by atoms with Crippen LogP contribution < -0.4 is 0 Å². The van der Waals surface area contributed by atoms with Crippen molar-refractivity contribution < 1.29 is 0 Å². The number of hydrazone groups is 1. The standard InChI is InChI=1S/C22H30N2/c1-8-15(2)19-11-12-21(18(5)14-19)22(23-24(6)7)20-10-9-16(3)17(4)13-20/h9-15H,8H2,1-7H3. The normalized spacial score (nSPS) is 13.0. The van der Waals surface area contributed by atoms with E-state index in [-0.39, 0.29) is 0 Å². The summed E-state index contributed by atoms with van der Waals surface area (Å²) in [4.78, 5) is 0. The van der Waals surface area contributed by atoms with Gasteiger partial charge in [0.1, 0.15) is 0 Å². The van der Waals surface area contributed by atoms with E-state index >= 15 is 0 Å². The van der Waals surface area contributed by atoms with Gasteiger partial charge in [0.25, 0.3) is 0 Å². The predicted molar refractivity (Wildman–Crippen MR) is 105 cm³/mol. The molecule has 0 heterocycles. The quantitative estimate of drug-likeness (QED) is 0.528. The summed E-state index contributed by atoms with van der Waals surface area (Å²) in [5, 5.41) is 6.68. The maximum atomic E-state index is 4.79. The lowest BCUT2D eigenvalue weighted by Gasteiger charge is -2.17. The van der Waals surface area contributed by atoms with Gasteiger partial charge in [0, 0.05) is 25.2 Å². The van der Waals surface area contributed by atoms with Crippen molar-refractivity contribution in [2.24, 2.45) is 5.10 Å². The lowest BCUT2D eigenvalue weighted by molar-refractivity contribution is 0.438. The minimum absolute atomic E-state index is 0.591. The molecule has 0 radical (unpaired) electrons. The molecule has 0 aliphatic carbocycles. The predicted octanol–water partition coefficient (Wildman–Crippen LogP) is 5.44. The first-order chi connectivity index (χ1) is 11.3. The Bertz CT molecular complexity index is 742. The molecule has 0 saturated carbocycles. The van der Waals surface area contributed by atoms with Gasteiger partial charge in [0.05, 0.1) is 5.71 Å². The monoisotopic (exact) mass is 322 g/mol. The molecule has 0 saturated heterocycles. The van der Waals surface area contributed by atoms with Crippen molar-refractivity contribution in [3.63, 3.8) is 0 Å². The Kier molecular flexibility index (Phi) is 5.82. The van der Waals surface area contributed by atoms with Gasteiger partial charge in [-0.2, -0.15) is 5.10 Å². The fraction of sp³-hybridized carbons (Fsp3) is 0.409.